The third-order valence-electron chi connectivity index (χ3n) is 5.75. The van der Waals surface area contributed by atoms with Crippen LogP contribution in [0.4, 0.5) is 0 Å². The van der Waals surface area contributed by atoms with Crippen LogP contribution >= 0.6 is 0 Å². The number of aliphatic hydroxyl groups excluding tert-OH is 2. The van der Waals surface area contributed by atoms with Crippen LogP contribution in [0.2, 0.25) is 0 Å². The van der Waals surface area contributed by atoms with Crippen molar-refractivity contribution in [3.05, 3.63) is 72.3 Å². The highest BCUT2D eigenvalue weighted by Gasteiger charge is 2.11. The number of carbonyl (C=O) groups is 2. The SMILES string of the molecule is C=C(CO)C(=O)OCCOc1ccc(-c2ccc(OCOC(=O)C(=C)CO)cc2)c(CCCCCCC)c1. The van der Waals surface area contributed by atoms with Crippen LogP contribution in [0.15, 0.2) is 66.8 Å². The molecule has 0 aromatic heterocycles. The Balaban J connectivity index is 2.04. The molecule has 0 radical (unpaired) electrons. The molecule has 0 atom stereocenters. The second kappa shape index (κ2) is 17.0. The van der Waals surface area contributed by atoms with Crippen LogP contribution in [-0.4, -0.2) is 55.4 Å². The van der Waals surface area contributed by atoms with E-state index in [9.17, 15) is 9.59 Å². The first-order valence-corrected chi connectivity index (χ1v) is 12.8. The van der Waals surface area contributed by atoms with Crippen LogP contribution in [0.3, 0.4) is 0 Å². The zero-order chi connectivity index (χ0) is 27.8. The third-order valence-corrected chi connectivity index (χ3v) is 5.75. The van der Waals surface area contributed by atoms with Crippen molar-refractivity contribution in [1.82, 2.24) is 0 Å². The zero-order valence-corrected chi connectivity index (χ0v) is 22.1. The summed E-state index contributed by atoms with van der Waals surface area (Å²) >= 11 is 0. The van der Waals surface area contributed by atoms with Crippen LogP contribution < -0.4 is 9.47 Å². The van der Waals surface area contributed by atoms with E-state index in [1.807, 2.05) is 30.3 Å². The van der Waals surface area contributed by atoms with Gasteiger partial charge in [0.15, 0.2) is 0 Å². The molecular weight excluding hydrogens is 488 g/mol. The molecule has 8 heteroatoms. The minimum absolute atomic E-state index is 0.00439. The summed E-state index contributed by atoms with van der Waals surface area (Å²) in [6, 6.07) is 13.4. The Bertz CT molecular complexity index is 1060. The molecule has 206 valence electrons. The first-order chi connectivity index (χ1) is 18.4. The first-order valence-electron chi connectivity index (χ1n) is 12.8. The number of aliphatic hydroxyl groups is 2. The number of esters is 2. The maximum absolute atomic E-state index is 11.6. The van der Waals surface area contributed by atoms with Crippen molar-refractivity contribution in [2.75, 3.05) is 33.2 Å². The smallest absolute Gasteiger partial charge is 0.338 e. The van der Waals surface area contributed by atoms with E-state index in [0.29, 0.717) is 11.5 Å². The number of unbranched alkanes of at least 4 members (excludes halogenated alkanes) is 4. The van der Waals surface area contributed by atoms with E-state index in [1.54, 1.807) is 12.1 Å². The first kappa shape index (κ1) is 30.6. The molecule has 0 saturated heterocycles. The fourth-order valence-electron chi connectivity index (χ4n) is 3.58. The molecule has 2 N–H and O–H groups in total. The van der Waals surface area contributed by atoms with Crippen LogP contribution in [0, 0.1) is 0 Å². The molecule has 0 unspecified atom stereocenters. The summed E-state index contributed by atoms with van der Waals surface area (Å²) in [4.78, 5) is 23.2. The van der Waals surface area contributed by atoms with Gasteiger partial charge in [0.2, 0.25) is 6.79 Å². The molecule has 2 aromatic rings. The van der Waals surface area contributed by atoms with Gasteiger partial charge in [-0.2, -0.15) is 0 Å². The summed E-state index contributed by atoms with van der Waals surface area (Å²) in [6.07, 6.45) is 6.72. The van der Waals surface area contributed by atoms with E-state index >= 15 is 0 Å². The van der Waals surface area contributed by atoms with Gasteiger partial charge in [-0.1, -0.05) is 64.0 Å². The topological polar surface area (TPSA) is 112 Å². The fourth-order valence-corrected chi connectivity index (χ4v) is 3.58. The summed E-state index contributed by atoms with van der Waals surface area (Å²) < 4.78 is 21.2. The summed E-state index contributed by atoms with van der Waals surface area (Å²) in [5, 5.41) is 17.9. The van der Waals surface area contributed by atoms with Gasteiger partial charge in [-0.15, -0.1) is 0 Å². The molecule has 0 saturated carbocycles. The Morgan fingerprint density at radius 1 is 0.763 bits per heavy atom. The molecule has 0 amide bonds. The largest absolute Gasteiger partial charge is 0.490 e. The van der Waals surface area contributed by atoms with Crippen molar-refractivity contribution < 1.29 is 38.7 Å². The molecule has 0 aliphatic rings. The minimum Gasteiger partial charge on any atom is -0.490 e. The van der Waals surface area contributed by atoms with E-state index in [4.69, 9.17) is 29.2 Å². The Kier molecular flexibility index (Phi) is 13.7. The van der Waals surface area contributed by atoms with Crippen molar-refractivity contribution in [3.8, 4) is 22.6 Å². The molecule has 0 heterocycles. The predicted molar refractivity (Wildman–Crippen MR) is 145 cm³/mol. The number of ether oxygens (including phenoxy) is 4. The number of benzene rings is 2. The molecule has 0 aliphatic carbocycles. The highest BCUT2D eigenvalue weighted by molar-refractivity contribution is 5.88. The van der Waals surface area contributed by atoms with Gasteiger partial charge in [-0.25, -0.2) is 9.59 Å². The second-order valence-electron chi connectivity index (χ2n) is 8.71. The summed E-state index contributed by atoms with van der Waals surface area (Å²) in [5.74, 6) is -0.125. The predicted octanol–water partition coefficient (Wildman–Crippen LogP) is 4.77. The van der Waals surface area contributed by atoms with Gasteiger partial charge in [0.25, 0.3) is 0 Å². The van der Waals surface area contributed by atoms with Gasteiger partial charge in [0.1, 0.15) is 24.7 Å². The standard InChI is InChI=1S/C30H38O8/c1-4-5-6-7-8-9-25-18-27(35-16-17-36-29(33)22(2)19-31)14-15-28(25)24-10-12-26(13-11-24)37-21-38-30(34)23(3)20-32/h10-15,18,31-32H,2-9,16-17,19-21H2,1H3. The monoisotopic (exact) mass is 526 g/mol. The second-order valence-corrected chi connectivity index (χ2v) is 8.71. The van der Waals surface area contributed by atoms with E-state index in [-0.39, 0.29) is 31.2 Å². The summed E-state index contributed by atoms with van der Waals surface area (Å²) in [6.45, 7) is 8.09. The van der Waals surface area contributed by atoms with E-state index in [1.165, 1.54) is 19.3 Å². The fraction of sp³-hybridized carbons (Fsp3) is 0.400. The zero-order valence-electron chi connectivity index (χ0n) is 22.1. The number of hydrogen-bond donors (Lipinski definition) is 2. The molecule has 38 heavy (non-hydrogen) atoms. The molecule has 2 rings (SSSR count). The summed E-state index contributed by atoms with van der Waals surface area (Å²) in [7, 11) is 0. The van der Waals surface area contributed by atoms with Crippen molar-refractivity contribution in [3.63, 3.8) is 0 Å². The quantitative estimate of drug-likeness (QED) is 0.124. The number of carbonyl (C=O) groups excluding carboxylic acids is 2. The Morgan fingerprint density at radius 3 is 2.05 bits per heavy atom. The molecule has 8 nitrogen and oxygen atoms in total. The normalized spacial score (nSPS) is 10.5. The third kappa shape index (κ3) is 10.4. The van der Waals surface area contributed by atoms with Crippen molar-refractivity contribution >= 4 is 11.9 Å². The Hall–Kier alpha value is -3.62. The van der Waals surface area contributed by atoms with Gasteiger partial charge in [0.05, 0.1) is 24.4 Å². The van der Waals surface area contributed by atoms with Gasteiger partial charge in [-0.3, -0.25) is 0 Å². The Labute approximate surface area is 224 Å². The molecule has 0 spiro atoms. The van der Waals surface area contributed by atoms with E-state index in [0.717, 1.165) is 36.0 Å². The van der Waals surface area contributed by atoms with Crippen molar-refractivity contribution in [1.29, 1.82) is 0 Å². The van der Waals surface area contributed by atoms with Crippen LogP contribution in [-0.2, 0) is 25.5 Å². The minimum atomic E-state index is -0.705. The number of aryl methyl sites for hydroxylation is 1. The maximum Gasteiger partial charge on any atom is 0.338 e. The Morgan fingerprint density at radius 2 is 1.39 bits per heavy atom. The highest BCUT2D eigenvalue weighted by atomic mass is 16.7. The number of rotatable bonds is 18. The van der Waals surface area contributed by atoms with E-state index in [2.05, 4.69) is 20.1 Å². The molecule has 0 aliphatic heterocycles. The van der Waals surface area contributed by atoms with Crippen molar-refractivity contribution in [2.24, 2.45) is 0 Å². The van der Waals surface area contributed by atoms with Crippen molar-refractivity contribution in [2.45, 2.75) is 45.4 Å². The van der Waals surface area contributed by atoms with Crippen LogP contribution in [0.5, 0.6) is 11.5 Å². The lowest BCUT2D eigenvalue weighted by Crippen LogP contribution is -2.15. The lowest BCUT2D eigenvalue weighted by molar-refractivity contribution is -0.146. The number of hydrogen-bond acceptors (Lipinski definition) is 8. The summed E-state index contributed by atoms with van der Waals surface area (Å²) in [5.41, 5.74) is 3.21. The average molecular weight is 527 g/mol. The van der Waals surface area contributed by atoms with Crippen LogP contribution in [0.25, 0.3) is 11.1 Å². The van der Waals surface area contributed by atoms with Crippen LogP contribution in [0.1, 0.15) is 44.6 Å². The lowest BCUT2D eigenvalue weighted by Gasteiger charge is -2.14. The molecule has 0 bridgehead atoms. The molecular formula is C30H38O8. The maximum atomic E-state index is 11.6. The van der Waals surface area contributed by atoms with Gasteiger partial charge >= 0.3 is 11.9 Å². The lowest BCUT2D eigenvalue weighted by atomic mass is 9.95. The molecule has 0 fully saturated rings. The van der Waals surface area contributed by atoms with Gasteiger partial charge in [0, 0.05) is 0 Å². The van der Waals surface area contributed by atoms with Gasteiger partial charge < -0.3 is 29.2 Å². The van der Waals surface area contributed by atoms with E-state index < -0.39 is 25.2 Å². The average Bonchev–Trinajstić information content (AvgIpc) is 2.94. The molecule has 2 aromatic carbocycles. The highest BCUT2D eigenvalue weighted by Crippen LogP contribution is 2.30. The van der Waals surface area contributed by atoms with Gasteiger partial charge in [-0.05, 0) is 53.8 Å².